The highest BCUT2D eigenvalue weighted by atomic mass is 16.5. The van der Waals surface area contributed by atoms with E-state index in [0.29, 0.717) is 12.2 Å². The fourth-order valence-corrected chi connectivity index (χ4v) is 1.43. The molecule has 0 heterocycles. The largest absolute Gasteiger partial charge is 0.502 e. The highest BCUT2D eigenvalue weighted by molar-refractivity contribution is 5.87. The van der Waals surface area contributed by atoms with Crippen molar-refractivity contribution in [1.82, 2.24) is 0 Å². The Balaban J connectivity index is 3.02. The number of phenolic OH excluding ortho intramolecular Hbond substituents is 1. The first-order valence-electron chi connectivity index (χ1n) is 5.88. The number of methoxy groups -OCH3 is 1. The van der Waals surface area contributed by atoms with Crippen molar-refractivity contribution in [2.45, 2.75) is 6.92 Å². The second-order valence-electron chi connectivity index (χ2n) is 3.60. The molecule has 1 aromatic carbocycles. The van der Waals surface area contributed by atoms with Crippen LogP contribution in [0.2, 0.25) is 0 Å². The van der Waals surface area contributed by atoms with Gasteiger partial charge in [0, 0.05) is 6.08 Å². The number of ether oxygens (including phenoxy) is 3. The zero-order valence-corrected chi connectivity index (χ0v) is 11.3. The van der Waals surface area contributed by atoms with Crippen LogP contribution in [0.15, 0.2) is 18.2 Å². The van der Waals surface area contributed by atoms with Gasteiger partial charge in [-0.25, -0.2) is 4.79 Å². The Morgan fingerprint density at radius 3 is 2.75 bits per heavy atom. The van der Waals surface area contributed by atoms with Crippen LogP contribution in [0, 0.1) is 11.3 Å². The standard InChI is InChI=1S/C14H15NO5/c1-3-19-13(16)5-4-10-8-11(18-2)14(17)12(9-10)20-7-6-15/h4-5,8-9,17H,3,7H2,1-2H3/b5-4+. The predicted octanol–water partition coefficient (Wildman–Crippen LogP) is 1.88. The number of hydrogen-bond donors (Lipinski definition) is 1. The van der Waals surface area contributed by atoms with Gasteiger partial charge in [0.1, 0.15) is 6.07 Å². The zero-order valence-electron chi connectivity index (χ0n) is 11.3. The molecule has 0 bridgehead atoms. The molecule has 0 fully saturated rings. The van der Waals surface area contributed by atoms with Crippen molar-refractivity contribution in [3.05, 3.63) is 23.8 Å². The summed E-state index contributed by atoms with van der Waals surface area (Å²) in [5.41, 5.74) is 0.570. The first kappa shape index (κ1) is 15.4. The van der Waals surface area contributed by atoms with E-state index in [1.165, 1.54) is 31.4 Å². The minimum absolute atomic E-state index is 0.106. The first-order chi connectivity index (χ1) is 9.62. The molecular weight excluding hydrogens is 262 g/mol. The highest BCUT2D eigenvalue weighted by Gasteiger charge is 2.11. The smallest absolute Gasteiger partial charge is 0.330 e. The summed E-state index contributed by atoms with van der Waals surface area (Å²) in [4.78, 5) is 11.2. The van der Waals surface area contributed by atoms with Crippen LogP contribution in [0.1, 0.15) is 12.5 Å². The molecule has 0 amide bonds. The number of rotatable bonds is 6. The van der Waals surface area contributed by atoms with E-state index in [9.17, 15) is 9.90 Å². The van der Waals surface area contributed by atoms with E-state index in [4.69, 9.17) is 19.5 Å². The Kier molecular flexibility index (Phi) is 5.91. The maximum Gasteiger partial charge on any atom is 0.330 e. The van der Waals surface area contributed by atoms with E-state index in [-0.39, 0.29) is 23.9 Å². The normalized spacial score (nSPS) is 10.1. The molecule has 1 N–H and O–H groups in total. The number of esters is 1. The van der Waals surface area contributed by atoms with Crippen LogP contribution in [0.4, 0.5) is 0 Å². The summed E-state index contributed by atoms with van der Waals surface area (Å²) in [6, 6.07) is 4.82. The van der Waals surface area contributed by atoms with E-state index in [0.717, 1.165) is 0 Å². The molecule has 106 valence electrons. The van der Waals surface area contributed by atoms with Crippen LogP contribution in [0.25, 0.3) is 6.08 Å². The summed E-state index contributed by atoms with van der Waals surface area (Å²) < 4.78 is 14.8. The van der Waals surface area contributed by atoms with Gasteiger partial charge < -0.3 is 19.3 Å². The number of aromatic hydroxyl groups is 1. The lowest BCUT2D eigenvalue weighted by Crippen LogP contribution is -1.99. The van der Waals surface area contributed by atoms with Gasteiger partial charge in [0.25, 0.3) is 0 Å². The summed E-state index contributed by atoms with van der Waals surface area (Å²) in [5, 5.41) is 18.3. The zero-order chi connectivity index (χ0) is 15.0. The number of carbonyl (C=O) groups excluding carboxylic acids is 1. The Morgan fingerprint density at radius 1 is 1.45 bits per heavy atom. The van der Waals surface area contributed by atoms with Crippen LogP contribution >= 0.6 is 0 Å². The van der Waals surface area contributed by atoms with Crippen molar-refractivity contribution in [3.8, 4) is 23.3 Å². The molecule has 1 aromatic rings. The molecule has 0 radical (unpaired) electrons. The second kappa shape index (κ2) is 7.69. The monoisotopic (exact) mass is 277 g/mol. The van der Waals surface area contributed by atoms with Gasteiger partial charge in [-0.1, -0.05) is 0 Å². The Morgan fingerprint density at radius 2 is 2.15 bits per heavy atom. The lowest BCUT2D eigenvalue weighted by atomic mass is 10.1. The average Bonchev–Trinajstić information content (AvgIpc) is 2.45. The van der Waals surface area contributed by atoms with Gasteiger partial charge in [0.05, 0.1) is 13.7 Å². The number of nitriles is 1. The summed E-state index contributed by atoms with van der Waals surface area (Å²) in [6.45, 7) is 1.80. The van der Waals surface area contributed by atoms with Gasteiger partial charge in [-0.05, 0) is 30.7 Å². The summed E-state index contributed by atoms with van der Waals surface area (Å²) in [5.74, 6) is -0.381. The van der Waals surface area contributed by atoms with E-state index in [2.05, 4.69) is 0 Å². The number of nitrogens with zero attached hydrogens (tertiary/aromatic N) is 1. The molecule has 0 saturated heterocycles. The molecule has 6 nitrogen and oxygen atoms in total. The maximum absolute atomic E-state index is 11.2. The molecule has 0 spiro atoms. The van der Waals surface area contributed by atoms with Crippen molar-refractivity contribution >= 4 is 12.0 Å². The molecule has 0 aliphatic heterocycles. The van der Waals surface area contributed by atoms with Gasteiger partial charge in [0.15, 0.2) is 18.1 Å². The van der Waals surface area contributed by atoms with Gasteiger partial charge in [-0.3, -0.25) is 0 Å². The van der Waals surface area contributed by atoms with Crippen molar-refractivity contribution < 1.29 is 24.1 Å². The summed E-state index contributed by atoms with van der Waals surface area (Å²) >= 11 is 0. The first-order valence-corrected chi connectivity index (χ1v) is 5.88. The van der Waals surface area contributed by atoms with Gasteiger partial charge in [-0.2, -0.15) is 5.26 Å². The second-order valence-corrected chi connectivity index (χ2v) is 3.60. The summed E-state index contributed by atoms with van der Waals surface area (Å²) in [6.07, 6.45) is 2.75. The van der Waals surface area contributed by atoms with Crippen molar-refractivity contribution in [3.63, 3.8) is 0 Å². The Bertz CT molecular complexity index is 545. The molecule has 0 saturated carbocycles. The molecule has 0 atom stereocenters. The quantitative estimate of drug-likeness (QED) is 0.631. The molecular formula is C14H15NO5. The number of carbonyl (C=O) groups is 1. The fourth-order valence-electron chi connectivity index (χ4n) is 1.43. The van der Waals surface area contributed by atoms with Crippen molar-refractivity contribution in [2.75, 3.05) is 20.3 Å². The van der Waals surface area contributed by atoms with Crippen molar-refractivity contribution in [2.24, 2.45) is 0 Å². The highest BCUT2D eigenvalue weighted by Crippen LogP contribution is 2.37. The van der Waals surface area contributed by atoms with E-state index >= 15 is 0 Å². The Hall–Kier alpha value is -2.68. The number of phenols is 1. The SMILES string of the molecule is CCOC(=O)/C=C/c1cc(OC)c(O)c(OCC#N)c1. The number of hydrogen-bond acceptors (Lipinski definition) is 6. The van der Waals surface area contributed by atoms with E-state index in [1.54, 1.807) is 13.0 Å². The predicted molar refractivity (Wildman–Crippen MR) is 71.4 cm³/mol. The topological polar surface area (TPSA) is 88.8 Å². The molecule has 0 aromatic heterocycles. The van der Waals surface area contributed by atoms with Crippen LogP contribution in [-0.2, 0) is 9.53 Å². The van der Waals surface area contributed by atoms with E-state index < -0.39 is 5.97 Å². The van der Waals surface area contributed by atoms with Crippen LogP contribution in [0.5, 0.6) is 17.2 Å². The third-order valence-corrected chi connectivity index (χ3v) is 2.27. The molecule has 0 aliphatic carbocycles. The van der Waals surface area contributed by atoms with Gasteiger partial charge >= 0.3 is 5.97 Å². The lowest BCUT2D eigenvalue weighted by Gasteiger charge is -2.10. The molecule has 1 rings (SSSR count). The minimum atomic E-state index is -0.473. The lowest BCUT2D eigenvalue weighted by molar-refractivity contribution is -0.137. The third kappa shape index (κ3) is 4.21. The molecule has 0 aliphatic rings. The van der Waals surface area contributed by atoms with E-state index in [1.807, 2.05) is 0 Å². The van der Waals surface area contributed by atoms with Crippen LogP contribution < -0.4 is 9.47 Å². The Labute approximate surface area is 116 Å². The van der Waals surface area contributed by atoms with Gasteiger partial charge in [-0.15, -0.1) is 0 Å². The molecule has 20 heavy (non-hydrogen) atoms. The van der Waals surface area contributed by atoms with Crippen LogP contribution in [0.3, 0.4) is 0 Å². The molecule has 0 unspecified atom stereocenters. The van der Waals surface area contributed by atoms with Crippen molar-refractivity contribution in [1.29, 1.82) is 5.26 Å². The third-order valence-electron chi connectivity index (χ3n) is 2.27. The maximum atomic E-state index is 11.2. The average molecular weight is 277 g/mol. The van der Waals surface area contributed by atoms with Gasteiger partial charge in [0.2, 0.25) is 5.75 Å². The minimum Gasteiger partial charge on any atom is -0.502 e. The summed E-state index contributed by atoms with van der Waals surface area (Å²) in [7, 11) is 1.39. The van der Waals surface area contributed by atoms with Crippen LogP contribution in [-0.4, -0.2) is 31.4 Å². The fraction of sp³-hybridized carbons (Fsp3) is 0.286. The number of benzene rings is 1. The molecule has 6 heteroatoms.